The predicted octanol–water partition coefficient (Wildman–Crippen LogP) is -5.22. The minimum Gasteiger partial charge on any atom is -0.542 e. The second-order valence-electron chi connectivity index (χ2n) is 2.74. The van der Waals surface area contributed by atoms with Crippen LogP contribution in [0.4, 0.5) is 4.39 Å². The summed E-state index contributed by atoms with van der Waals surface area (Å²) in [6, 6.07) is 0. The Morgan fingerprint density at radius 2 is 2.15 bits per heavy atom. The number of carboxylic acids is 1. The van der Waals surface area contributed by atoms with E-state index in [-0.39, 0.29) is 18.8 Å². The second kappa shape index (κ2) is 4.61. The van der Waals surface area contributed by atoms with Crippen molar-refractivity contribution in [3.05, 3.63) is 0 Å². The summed E-state index contributed by atoms with van der Waals surface area (Å²) in [4.78, 5) is 12.6. The average molecular weight is 193 g/mol. The highest BCUT2D eigenvalue weighted by Gasteiger charge is 2.29. The van der Waals surface area contributed by atoms with E-state index in [0.717, 1.165) is 0 Å². The van der Waals surface area contributed by atoms with Gasteiger partial charge in [-0.1, -0.05) is 0 Å². The number of aliphatic carboxylic acids is 1. The van der Waals surface area contributed by atoms with Crippen LogP contribution >= 0.6 is 0 Å². The molecule has 0 radical (unpaired) electrons. The van der Waals surface area contributed by atoms with Crippen LogP contribution in [0.15, 0.2) is 0 Å². The highest BCUT2D eigenvalue weighted by Crippen LogP contribution is 2.05. The van der Waals surface area contributed by atoms with Crippen LogP contribution in [0.5, 0.6) is 0 Å². The first-order valence-electron chi connectivity index (χ1n) is 3.74. The van der Waals surface area contributed by atoms with Crippen molar-refractivity contribution in [2.75, 3.05) is 6.54 Å². The number of carbonyl (C=O) groups excluding carboxylic acids is 1. The van der Waals surface area contributed by atoms with E-state index in [4.69, 9.17) is 11.5 Å². The van der Waals surface area contributed by atoms with Gasteiger partial charge in [-0.3, -0.25) is 16.5 Å². The average Bonchev–Trinajstić information content (AvgIpc) is 1.97. The summed E-state index contributed by atoms with van der Waals surface area (Å²) in [6.45, 7) is 0.302. The first kappa shape index (κ1) is 11.6. The Bertz CT molecular complexity index is 213. The molecule has 0 saturated carbocycles. The first-order valence-corrected chi connectivity index (χ1v) is 3.74. The highest BCUT2D eigenvalue weighted by molar-refractivity contribution is 5.72. The molecule has 0 aromatic carbocycles. The fourth-order valence-electron chi connectivity index (χ4n) is 0.703. The Labute approximate surface area is 74.6 Å². The van der Waals surface area contributed by atoms with Crippen LogP contribution in [0.25, 0.3) is 0 Å². The largest absolute Gasteiger partial charge is 0.542 e. The maximum atomic E-state index is 12.9. The molecule has 0 aromatic heterocycles. The molecule has 76 valence electrons. The van der Waals surface area contributed by atoms with Gasteiger partial charge in [0.25, 0.3) is 5.79 Å². The van der Waals surface area contributed by atoms with Crippen molar-refractivity contribution in [3.8, 4) is 0 Å². The lowest BCUT2D eigenvalue weighted by Gasteiger charge is -2.16. The topological polar surface area (TPSA) is 134 Å². The van der Waals surface area contributed by atoms with Gasteiger partial charge in [-0.05, 0) is 6.42 Å². The summed E-state index contributed by atoms with van der Waals surface area (Å²) < 4.78 is 12.9. The summed E-state index contributed by atoms with van der Waals surface area (Å²) in [6.07, 6.45) is 0.0154. The molecule has 7 heteroatoms. The maximum absolute atomic E-state index is 12.9. The number of carbonyl (C=O) groups is 1. The zero-order valence-corrected chi connectivity index (χ0v) is 7.18. The predicted molar refractivity (Wildman–Crippen MR) is 40.2 cm³/mol. The van der Waals surface area contributed by atoms with Crippen LogP contribution in [-0.4, -0.2) is 24.3 Å². The Kier molecular flexibility index (Phi) is 4.12. The van der Waals surface area contributed by atoms with Crippen molar-refractivity contribution >= 4 is 11.9 Å². The summed E-state index contributed by atoms with van der Waals surface area (Å²) >= 11 is 0. The standard InChI is InChI=1S/C6H13FN4O2/c7-6(10,4(12)13)2-1-3-11-5(8)9/h1-3,10H2,(H,12,13)(H4,8,9,11)/p+1. The number of halogens is 1. The number of rotatable bonds is 5. The molecular weight excluding hydrogens is 179 g/mol. The molecule has 0 saturated heterocycles. The number of carboxylic acid groups (broad SMARTS) is 1. The van der Waals surface area contributed by atoms with E-state index in [2.05, 4.69) is 10.7 Å². The lowest BCUT2D eigenvalue weighted by Crippen LogP contribution is -2.80. The van der Waals surface area contributed by atoms with Gasteiger partial charge in [0.1, 0.15) is 5.97 Å². The van der Waals surface area contributed by atoms with Crippen molar-refractivity contribution in [3.63, 3.8) is 0 Å². The quantitative estimate of drug-likeness (QED) is 0.150. The van der Waals surface area contributed by atoms with Gasteiger partial charge in [-0.25, -0.2) is 0 Å². The molecule has 0 aromatic rings. The normalized spacial score (nSPS) is 14.6. The molecule has 0 aliphatic rings. The summed E-state index contributed by atoms with van der Waals surface area (Å²) in [5.74, 6) is -4.33. The SMILES string of the molecule is NC(N)=[NH+]CCCC([NH3+])(F)C(=O)[O-]. The molecule has 0 heterocycles. The van der Waals surface area contributed by atoms with E-state index in [1.54, 1.807) is 0 Å². The van der Waals surface area contributed by atoms with Crippen LogP contribution in [0.1, 0.15) is 12.8 Å². The summed E-state index contributed by atoms with van der Waals surface area (Å²) in [7, 11) is 0. The van der Waals surface area contributed by atoms with Crippen LogP contribution in [-0.2, 0) is 4.79 Å². The van der Waals surface area contributed by atoms with E-state index in [0.29, 0.717) is 6.54 Å². The number of hydrogen-bond acceptors (Lipinski definition) is 2. The fraction of sp³-hybridized carbons (Fsp3) is 0.667. The number of nitrogens with one attached hydrogen (secondary N) is 1. The second-order valence-corrected chi connectivity index (χ2v) is 2.74. The smallest absolute Gasteiger partial charge is 0.338 e. The van der Waals surface area contributed by atoms with E-state index in [1.165, 1.54) is 0 Å². The van der Waals surface area contributed by atoms with Gasteiger partial charge in [-0.2, -0.15) is 4.39 Å². The third kappa shape index (κ3) is 4.96. The van der Waals surface area contributed by atoms with Gasteiger partial charge in [-0.15, -0.1) is 0 Å². The first-order chi connectivity index (χ1) is 5.86. The molecule has 0 fully saturated rings. The minimum atomic E-state index is -2.54. The number of alkyl halides is 1. The van der Waals surface area contributed by atoms with E-state index in [9.17, 15) is 14.3 Å². The third-order valence-corrected chi connectivity index (χ3v) is 1.44. The van der Waals surface area contributed by atoms with Crippen molar-refractivity contribution in [1.29, 1.82) is 0 Å². The Balaban J connectivity index is 3.77. The van der Waals surface area contributed by atoms with Gasteiger partial charge in [0, 0.05) is 6.42 Å². The fourth-order valence-corrected chi connectivity index (χ4v) is 0.703. The molecule has 1 unspecified atom stereocenters. The summed E-state index contributed by atoms with van der Waals surface area (Å²) in [5, 5.41) is 10.1. The minimum absolute atomic E-state index is 0.0157. The molecular formula is C6H14FN4O2+. The lowest BCUT2D eigenvalue weighted by atomic mass is 10.1. The van der Waals surface area contributed by atoms with Gasteiger partial charge in [0.2, 0.25) is 0 Å². The molecule has 13 heavy (non-hydrogen) atoms. The molecule has 0 aliphatic carbocycles. The van der Waals surface area contributed by atoms with Crippen molar-refractivity contribution < 1.29 is 25.0 Å². The van der Waals surface area contributed by atoms with E-state index >= 15 is 0 Å². The van der Waals surface area contributed by atoms with Crippen molar-refractivity contribution in [2.45, 2.75) is 18.6 Å². The number of quaternary nitrogens is 1. The molecule has 1 atom stereocenters. The number of nitrogens with two attached hydrogens (primary N) is 2. The van der Waals surface area contributed by atoms with Gasteiger partial charge < -0.3 is 15.6 Å². The molecule has 8 N–H and O–H groups in total. The van der Waals surface area contributed by atoms with Gasteiger partial charge >= 0.3 is 5.96 Å². The zero-order chi connectivity index (χ0) is 10.5. The molecule has 0 bridgehead atoms. The molecule has 0 spiro atoms. The van der Waals surface area contributed by atoms with Crippen molar-refractivity contribution in [2.24, 2.45) is 11.5 Å². The molecule has 0 aliphatic heterocycles. The molecule has 6 nitrogen and oxygen atoms in total. The van der Waals surface area contributed by atoms with Crippen LogP contribution in [0.3, 0.4) is 0 Å². The molecule has 0 rings (SSSR count). The van der Waals surface area contributed by atoms with Gasteiger partial charge in [0.15, 0.2) is 0 Å². The van der Waals surface area contributed by atoms with Crippen molar-refractivity contribution in [1.82, 2.24) is 0 Å². The van der Waals surface area contributed by atoms with Crippen LogP contribution < -0.4 is 27.3 Å². The molecule has 0 amide bonds. The maximum Gasteiger partial charge on any atom is 0.338 e. The van der Waals surface area contributed by atoms with Gasteiger partial charge in [0.05, 0.1) is 6.54 Å². The third-order valence-electron chi connectivity index (χ3n) is 1.44. The lowest BCUT2D eigenvalue weighted by molar-refractivity contribution is -0.530. The zero-order valence-electron chi connectivity index (χ0n) is 7.18. The van der Waals surface area contributed by atoms with E-state index < -0.39 is 11.8 Å². The summed E-state index contributed by atoms with van der Waals surface area (Å²) in [5.41, 5.74) is 13.0. The monoisotopic (exact) mass is 193 g/mol. The Hall–Kier alpha value is -1.37. The van der Waals surface area contributed by atoms with Crippen LogP contribution in [0, 0.1) is 0 Å². The number of hydrogen-bond donors (Lipinski definition) is 4. The highest BCUT2D eigenvalue weighted by atomic mass is 19.1. The number of guanidine groups is 1. The Morgan fingerprint density at radius 1 is 1.62 bits per heavy atom. The van der Waals surface area contributed by atoms with E-state index in [1.807, 2.05) is 0 Å². The van der Waals surface area contributed by atoms with Crippen LogP contribution in [0.2, 0.25) is 0 Å². The Morgan fingerprint density at radius 3 is 2.54 bits per heavy atom.